The Labute approximate surface area is 146 Å². The van der Waals surface area contributed by atoms with Crippen molar-refractivity contribution in [2.24, 2.45) is 0 Å². The molecule has 2 aromatic carbocycles. The Morgan fingerprint density at radius 3 is 2.48 bits per heavy atom. The number of hydrogen-bond acceptors (Lipinski definition) is 4. The van der Waals surface area contributed by atoms with Crippen LogP contribution in [0.1, 0.15) is 33.4 Å². The molecule has 0 spiro atoms. The maximum atomic E-state index is 12.4. The highest BCUT2D eigenvalue weighted by molar-refractivity contribution is 5.93. The van der Waals surface area contributed by atoms with Gasteiger partial charge in [-0.3, -0.25) is 4.79 Å². The predicted octanol–water partition coefficient (Wildman–Crippen LogP) is 2.35. The molecular weight excluding hydrogens is 316 g/mol. The highest BCUT2D eigenvalue weighted by Crippen LogP contribution is 2.14. The average Bonchev–Trinajstić information content (AvgIpc) is 3.02. The minimum Gasteiger partial charge on any atom is -0.387 e. The molecule has 128 valence electrons. The Bertz CT molecular complexity index is 857. The van der Waals surface area contributed by atoms with Gasteiger partial charge < -0.3 is 10.4 Å². The molecule has 0 fully saturated rings. The number of carbonyl (C=O) groups is 1. The van der Waals surface area contributed by atoms with E-state index in [1.165, 1.54) is 0 Å². The van der Waals surface area contributed by atoms with Crippen molar-refractivity contribution < 1.29 is 9.90 Å². The van der Waals surface area contributed by atoms with E-state index in [0.717, 1.165) is 16.8 Å². The van der Waals surface area contributed by atoms with Gasteiger partial charge in [0.25, 0.3) is 5.91 Å². The van der Waals surface area contributed by atoms with Crippen LogP contribution in [0.5, 0.6) is 0 Å². The summed E-state index contributed by atoms with van der Waals surface area (Å²) in [6.07, 6.45) is -0.766. The molecule has 1 atom stereocenters. The number of benzene rings is 2. The smallest absolute Gasteiger partial charge is 0.273 e. The summed E-state index contributed by atoms with van der Waals surface area (Å²) in [6, 6.07) is 17.0. The fourth-order valence-corrected chi connectivity index (χ4v) is 2.54. The summed E-state index contributed by atoms with van der Waals surface area (Å²) in [7, 11) is 0. The van der Waals surface area contributed by atoms with Crippen molar-refractivity contribution >= 4 is 5.91 Å². The third-order valence-electron chi connectivity index (χ3n) is 4.03. The largest absolute Gasteiger partial charge is 0.387 e. The van der Waals surface area contributed by atoms with Gasteiger partial charge in [0, 0.05) is 6.54 Å². The van der Waals surface area contributed by atoms with Crippen LogP contribution in [-0.4, -0.2) is 32.6 Å². The Kier molecular flexibility index (Phi) is 4.90. The highest BCUT2D eigenvalue weighted by atomic mass is 16.3. The average molecular weight is 336 g/mol. The van der Waals surface area contributed by atoms with Crippen LogP contribution in [-0.2, 0) is 0 Å². The number of aliphatic hydroxyl groups is 1. The molecule has 0 aliphatic rings. The second kappa shape index (κ2) is 7.27. The van der Waals surface area contributed by atoms with E-state index in [4.69, 9.17) is 0 Å². The van der Waals surface area contributed by atoms with Gasteiger partial charge in [-0.25, -0.2) is 4.68 Å². The van der Waals surface area contributed by atoms with Crippen molar-refractivity contribution in [3.8, 4) is 5.69 Å². The van der Waals surface area contributed by atoms with Gasteiger partial charge in [-0.15, -0.1) is 5.10 Å². The second-order valence-electron chi connectivity index (χ2n) is 5.91. The highest BCUT2D eigenvalue weighted by Gasteiger charge is 2.18. The molecule has 0 bridgehead atoms. The number of hydrogen-bond donors (Lipinski definition) is 2. The molecule has 0 radical (unpaired) electrons. The van der Waals surface area contributed by atoms with Gasteiger partial charge in [0.15, 0.2) is 5.69 Å². The van der Waals surface area contributed by atoms with Gasteiger partial charge in [0.05, 0.1) is 17.5 Å². The molecule has 0 aliphatic carbocycles. The Morgan fingerprint density at radius 1 is 1.12 bits per heavy atom. The zero-order chi connectivity index (χ0) is 17.8. The SMILES string of the molecule is Cc1ccc(-n2nnc(C(=O)NC[C@H](O)c3ccccc3)c2C)cc1. The summed E-state index contributed by atoms with van der Waals surface area (Å²) in [5.74, 6) is -0.356. The van der Waals surface area contributed by atoms with Gasteiger partial charge in [0.2, 0.25) is 0 Å². The summed E-state index contributed by atoms with van der Waals surface area (Å²) >= 11 is 0. The van der Waals surface area contributed by atoms with Crippen molar-refractivity contribution in [1.82, 2.24) is 20.3 Å². The number of aromatic nitrogens is 3. The van der Waals surface area contributed by atoms with E-state index < -0.39 is 6.10 Å². The minimum atomic E-state index is -0.766. The van der Waals surface area contributed by atoms with Gasteiger partial charge in [-0.1, -0.05) is 53.2 Å². The van der Waals surface area contributed by atoms with E-state index in [-0.39, 0.29) is 18.1 Å². The quantitative estimate of drug-likeness (QED) is 0.749. The fraction of sp³-hybridized carbons (Fsp3) is 0.211. The number of aliphatic hydroxyl groups excluding tert-OH is 1. The first-order valence-corrected chi connectivity index (χ1v) is 8.07. The topological polar surface area (TPSA) is 80.0 Å². The van der Waals surface area contributed by atoms with Gasteiger partial charge >= 0.3 is 0 Å². The number of rotatable bonds is 5. The van der Waals surface area contributed by atoms with Crippen LogP contribution >= 0.6 is 0 Å². The van der Waals surface area contributed by atoms with E-state index in [2.05, 4.69) is 15.6 Å². The molecule has 2 N–H and O–H groups in total. The number of amides is 1. The molecule has 1 amide bonds. The van der Waals surface area contributed by atoms with E-state index >= 15 is 0 Å². The predicted molar refractivity (Wildman–Crippen MR) is 94.6 cm³/mol. The standard InChI is InChI=1S/C19H20N4O2/c1-13-8-10-16(11-9-13)23-14(2)18(21-22-23)19(25)20-12-17(24)15-6-4-3-5-7-15/h3-11,17,24H,12H2,1-2H3,(H,20,25)/t17-/m0/s1. The lowest BCUT2D eigenvalue weighted by atomic mass is 10.1. The third-order valence-corrected chi connectivity index (χ3v) is 4.03. The Balaban J connectivity index is 1.70. The first-order chi connectivity index (χ1) is 12.1. The number of aryl methyl sites for hydroxylation is 1. The molecule has 0 aliphatic heterocycles. The van der Waals surface area contributed by atoms with Crippen LogP contribution < -0.4 is 5.32 Å². The molecule has 1 aromatic heterocycles. The number of nitrogens with one attached hydrogen (secondary N) is 1. The Hall–Kier alpha value is -2.99. The van der Waals surface area contributed by atoms with Gasteiger partial charge in [-0.2, -0.15) is 0 Å². The van der Waals surface area contributed by atoms with E-state index in [9.17, 15) is 9.90 Å². The number of carbonyl (C=O) groups excluding carboxylic acids is 1. The molecule has 0 saturated heterocycles. The van der Waals surface area contributed by atoms with Gasteiger partial charge in [0.1, 0.15) is 0 Å². The van der Waals surface area contributed by atoms with E-state index in [1.54, 1.807) is 11.6 Å². The lowest BCUT2D eigenvalue weighted by Gasteiger charge is -2.11. The fourth-order valence-electron chi connectivity index (χ4n) is 2.54. The van der Waals surface area contributed by atoms with Crippen molar-refractivity contribution in [3.63, 3.8) is 0 Å². The van der Waals surface area contributed by atoms with Crippen LogP contribution in [0.4, 0.5) is 0 Å². The molecule has 0 unspecified atom stereocenters. The summed E-state index contributed by atoms with van der Waals surface area (Å²) in [4.78, 5) is 12.4. The van der Waals surface area contributed by atoms with Crippen LogP contribution in [0.15, 0.2) is 54.6 Å². The molecule has 25 heavy (non-hydrogen) atoms. The maximum absolute atomic E-state index is 12.4. The maximum Gasteiger partial charge on any atom is 0.273 e. The normalized spacial score (nSPS) is 12.0. The minimum absolute atomic E-state index is 0.111. The lowest BCUT2D eigenvalue weighted by Crippen LogP contribution is -2.29. The molecule has 6 nitrogen and oxygen atoms in total. The van der Waals surface area contributed by atoms with Crippen molar-refractivity contribution in [1.29, 1.82) is 0 Å². The molecule has 0 saturated carbocycles. The summed E-state index contributed by atoms with van der Waals surface area (Å²) < 4.78 is 1.63. The molecule has 6 heteroatoms. The lowest BCUT2D eigenvalue weighted by molar-refractivity contribution is 0.0910. The van der Waals surface area contributed by atoms with Crippen molar-refractivity contribution in [2.75, 3.05) is 6.54 Å². The summed E-state index contributed by atoms with van der Waals surface area (Å²) in [6.45, 7) is 3.91. The molecule has 3 rings (SSSR count). The first kappa shape index (κ1) is 16.9. The summed E-state index contributed by atoms with van der Waals surface area (Å²) in [5.41, 5.74) is 3.65. The first-order valence-electron chi connectivity index (χ1n) is 8.07. The van der Waals surface area contributed by atoms with E-state index in [0.29, 0.717) is 5.69 Å². The molecule has 3 aromatic rings. The summed E-state index contributed by atoms with van der Waals surface area (Å²) in [5, 5.41) is 20.9. The monoisotopic (exact) mass is 336 g/mol. The Morgan fingerprint density at radius 2 is 1.80 bits per heavy atom. The van der Waals surface area contributed by atoms with Crippen molar-refractivity contribution in [3.05, 3.63) is 77.1 Å². The molecule has 1 heterocycles. The zero-order valence-electron chi connectivity index (χ0n) is 14.2. The van der Waals surface area contributed by atoms with Crippen molar-refractivity contribution in [2.45, 2.75) is 20.0 Å². The van der Waals surface area contributed by atoms with Crippen LogP contribution in [0.25, 0.3) is 5.69 Å². The second-order valence-corrected chi connectivity index (χ2v) is 5.91. The van der Waals surface area contributed by atoms with Crippen LogP contribution in [0, 0.1) is 13.8 Å². The molecular formula is C19H20N4O2. The third kappa shape index (κ3) is 3.75. The van der Waals surface area contributed by atoms with Crippen LogP contribution in [0.3, 0.4) is 0 Å². The zero-order valence-corrected chi connectivity index (χ0v) is 14.2. The van der Waals surface area contributed by atoms with E-state index in [1.807, 2.05) is 61.5 Å². The van der Waals surface area contributed by atoms with Crippen LogP contribution in [0.2, 0.25) is 0 Å². The number of nitrogens with zero attached hydrogens (tertiary/aromatic N) is 3. The van der Waals surface area contributed by atoms with Gasteiger partial charge in [-0.05, 0) is 31.5 Å².